The molecule has 1 unspecified atom stereocenters. The van der Waals surface area contributed by atoms with Crippen molar-refractivity contribution < 1.29 is 8.42 Å². The highest BCUT2D eigenvalue weighted by Crippen LogP contribution is 2.31. The Morgan fingerprint density at radius 1 is 1.33 bits per heavy atom. The van der Waals surface area contributed by atoms with Crippen molar-refractivity contribution in [3.63, 3.8) is 0 Å². The molecule has 3 nitrogen and oxygen atoms in total. The SMILES string of the molecule is CC(NS(=O)(=O)c1ccc(Br)cc1Br)C1CCC1. The molecule has 1 N–H and O–H groups in total. The molecule has 100 valence electrons. The molecule has 1 aromatic carbocycles. The first kappa shape index (κ1) is 14.5. The summed E-state index contributed by atoms with van der Waals surface area (Å²) in [5.41, 5.74) is 0. The van der Waals surface area contributed by atoms with Crippen molar-refractivity contribution in [2.24, 2.45) is 5.92 Å². The van der Waals surface area contributed by atoms with Crippen molar-refractivity contribution in [1.29, 1.82) is 0 Å². The Labute approximate surface area is 125 Å². The van der Waals surface area contributed by atoms with E-state index in [9.17, 15) is 8.42 Å². The fourth-order valence-corrected chi connectivity index (χ4v) is 5.10. The first-order valence-electron chi connectivity index (χ1n) is 5.87. The summed E-state index contributed by atoms with van der Waals surface area (Å²) in [4.78, 5) is 0.289. The molecule has 0 bridgehead atoms. The molecular weight excluding hydrogens is 382 g/mol. The van der Waals surface area contributed by atoms with Gasteiger partial charge in [-0.2, -0.15) is 0 Å². The van der Waals surface area contributed by atoms with Crippen LogP contribution in [0.1, 0.15) is 26.2 Å². The maximum Gasteiger partial charge on any atom is 0.241 e. The highest BCUT2D eigenvalue weighted by Gasteiger charge is 2.28. The second kappa shape index (κ2) is 5.61. The Morgan fingerprint density at radius 2 is 2.00 bits per heavy atom. The largest absolute Gasteiger partial charge is 0.241 e. The van der Waals surface area contributed by atoms with Gasteiger partial charge in [-0.1, -0.05) is 22.4 Å². The number of sulfonamides is 1. The third-order valence-corrected chi connectivity index (χ3v) is 6.41. The Bertz CT molecular complexity index is 541. The zero-order valence-corrected chi connectivity index (χ0v) is 14.0. The van der Waals surface area contributed by atoms with E-state index < -0.39 is 10.0 Å². The van der Waals surface area contributed by atoms with Crippen molar-refractivity contribution in [1.82, 2.24) is 4.72 Å². The summed E-state index contributed by atoms with van der Waals surface area (Å²) >= 11 is 6.60. The van der Waals surface area contributed by atoms with Gasteiger partial charge >= 0.3 is 0 Å². The molecular formula is C12H15Br2NO2S. The minimum absolute atomic E-state index is 0.000651. The molecule has 0 radical (unpaired) electrons. The van der Waals surface area contributed by atoms with Gasteiger partial charge in [-0.15, -0.1) is 0 Å². The number of benzene rings is 1. The van der Waals surface area contributed by atoms with Crippen LogP contribution in [0.25, 0.3) is 0 Å². The van der Waals surface area contributed by atoms with Crippen LogP contribution < -0.4 is 4.72 Å². The quantitative estimate of drug-likeness (QED) is 0.843. The van der Waals surface area contributed by atoms with Crippen LogP contribution in [-0.2, 0) is 10.0 Å². The molecule has 1 atom stereocenters. The van der Waals surface area contributed by atoms with E-state index in [1.54, 1.807) is 18.2 Å². The maximum atomic E-state index is 12.3. The second-order valence-corrected chi connectivity index (χ2v) is 8.13. The molecule has 0 amide bonds. The lowest BCUT2D eigenvalue weighted by atomic mass is 9.81. The van der Waals surface area contributed by atoms with Gasteiger partial charge in [0.05, 0.1) is 4.90 Å². The van der Waals surface area contributed by atoms with Crippen LogP contribution in [0.5, 0.6) is 0 Å². The highest BCUT2D eigenvalue weighted by molar-refractivity contribution is 9.11. The minimum atomic E-state index is -3.45. The van der Waals surface area contributed by atoms with Gasteiger partial charge in [-0.25, -0.2) is 13.1 Å². The summed E-state index contributed by atoms with van der Waals surface area (Å²) in [6.07, 6.45) is 3.44. The molecule has 2 rings (SSSR count). The molecule has 1 aliphatic carbocycles. The average molecular weight is 397 g/mol. The lowest BCUT2D eigenvalue weighted by Gasteiger charge is -2.31. The van der Waals surface area contributed by atoms with Gasteiger partial charge in [-0.3, -0.25) is 0 Å². The van der Waals surface area contributed by atoms with Crippen LogP contribution in [0.4, 0.5) is 0 Å². The normalized spacial score (nSPS) is 18.4. The molecule has 1 saturated carbocycles. The molecule has 0 aromatic heterocycles. The van der Waals surface area contributed by atoms with E-state index in [0.29, 0.717) is 10.4 Å². The number of hydrogen-bond donors (Lipinski definition) is 1. The smallest absolute Gasteiger partial charge is 0.208 e. The fraction of sp³-hybridized carbons (Fsp3) is 0.500. The Hall–Kier alpha value is 0.0900. The summed E-state index contributed by atoms with van der Waals surface area (Å²) in [7, 11) is -3.45. The second-order valence-electron chi connectivity index (χ2n) is 4.68. The lowest BCUT2D eigenvalue weighted by molar-refractivity contribution is 0.260. The van der Waals surface area contributed by atoms with E-state index in [1.807, 2.05) is 6.92 Å². The standard InChI is InChI=1S/C12H15Br2NO2S/c1-8(9-3-2-4-9)15-18(16,17)12-6-5-10(13)7-11(12)14/h5-9,15H,2-4H2,1H3. The highest BCUT2D eigenvalue weighted by atomic mass is 79.9. The van der Waals surface area contributed by atoms with Crippen molar-refractivity contribution in [2.75, 3.05) is 0 Å². The number of halogens is 2. The third kappa shape index (κ3) is 3.15. The van der Waals surface area contributed by atoms with Crippen LogP contribution in [0.3, 0.4) is 0 Å². The number of nitrogens with one attached hydrogen (secondary N) is 1. The summed E-state index contributed by atoms with van der Waals surface area (Å²) in [5, 5.41) is 0. The Kier molecular flexibility index (Phi) is 4.52. The van der Waals surface area contributed by atoms with E-state index >= 15 is 0 Å². The van der Waals surface area contributed by atoms with E-state index in [4.69, 9.17) is 0 Å². The van der Waals surface area contributed by atoms with Crippen LogP contribution in [-0.4, -0.2) is 14.5 Å². The van der Waals surface area contributed by atoms with Gasteiger partial charge in [0.15, 0.2) is 0 Å². The third-order valence-electron chi connectivity index (χ3n) is 3.38. The number of hydrogen-bond acceptors (Lipinski definition) is 2. The predicted molar refractivity (Wildman–Crippen MR) is 79.0 cm³/mol. The fourth-order valence-electron chi connectivity index (χ4n) is 2.04. The van der Waals surface area contributed by atoms with Crippen LogP contribution in [0, 0.1) is 5.92 Å². The molecule has 1 fully saturated rings. The minimum Gasteiger partial charge on any atom is -0.208 e. The first-order valence-corrected chi connectivity index (χ1v) is 8.94. The summed E-state index contributed by atoms with van der Waals surface area (Å²) in [6, 6.07) is 5.07. The zero-order valence-electron chi connectivity index (χ0n) is 9.99. The zero-order chi connectivity index (χ0) is 13.3. The molecule has 0 spiro atoms. The Morgan fingerprint density at radius 3 is 2.50 bits per heavy atom. The predicted octanol–water partition coefficient (Wildman–Crippen LogP) is 3.68. The Balaban J connectivity index is 2.19. The van der Waals surface area contributed by atoms with Crippen LogP contribution >= 0.6 is 31.9 Å². The van der Waals surface area contributed by atoms with E-state index in [-0.39, 0.29) is 10.9 Å². The molecule has 6 heteroatoms. The molecule has 18 heavy (non-hydrogen) atoms. The van der Waals surface area contributed by atoms with Gasteiger partial charge in [0.1, 0.15) is 0 Å². The van der Waals surface area contributed by atoms with Crippen molar-refractivity contribution in [2.45, 2.75) is 37.1 Å². The van der Waals surface area contributed by atoms with Crippen molar-refractivity contribution >= 4 is 41.9 Å². The molecule has 0 heterocycles. The summed E-state index contributed by atoms with van der Waals surface area (Å²) in [5.74, 6) is 0.481. The number of rotatable bonds is 4. The van der Waals surface area contributed by atoms with E-state index in [0.717, 1.165) is 17.3 Å². The summed E-state index contributed by atoms with van der Waals surface area (Å²) < 4.78 is 28.7. The molecule has 0 saturated heterocycles. The first-order chi connectivity index (χ1) is 8.40. The van der Waals surface area contributed by atoms with Crippen molar-refractivity contribution in [3.8, 4) is 0 Å². The maximum absolute atomic E-state index is 12.3. The molecule has 1 aromatic rings. The van der Waals surface area contributed by atoms with Crippen LogP contribution in [0.15, 0.2) is 32.0 Å². The van der Waals surface area contributed by atoms with Gasteiger partial charge in [0.2, 0.25) is 10.0 Å². The van der Waals surface area contributed by atoms with Crippen molar-refractivity contribution in [3.05, 3.63) is 27.1 Å². The molecule has 0 aliphatic heterocycles. The van der Waals surface area contributed by atoms with Gasteiger partial charge in [-0.05, 0) is 59.8 Å². The average Bonchev–Trinajstić information content (AvgIpc) is 2.12. The van der Waals surface area contributed by atoms with E-state index in [2.05, 4.69) is 36.6 Å². The topological polar surface area (TPSA) is 46.2 Å². The van der Waals surface area contributed by atoms with E-state index in [1.165, 1.54) is 6.42 Å². The lowest BCUT2D eigenvalue weighted by Crippen LogP contribution is -2.40. The molecule has 1 aliphatic rings. The monoisotopic (exact) mass is 395 g/mol. The van der Waals surface area contributed by atoms with Gasteiger partial charge in [0, 0.05) is 15.0 Å². The summed E-state index contributed by atoms with van der Waals surface area (Å²) in [6.45, 7) is 1.94. The van der Waals surface area contributed by atoms with Gasteiger partial charge in [0.25, 0.3) is 0 Å². The van der Waals surface area contributed by atoms with Crippen LogP contribution in [0.2, 0.25) is 0 Å². The van der Waals surface area contributed by atoms with Gasteiger partial charge < -0.3 is 0 Å².